The fourth-order valence-electron chi connectivity index (χ4n) is 1.54. The Morgan fingerprint density at radius 2 is 2.06 bits per heavy atom. The summed E-state index contributed by atoms with van der Waals surface area (Å²) < 4.78 is 9.99. The maximum absolute atomic E-state index is 11.5. The molecule has 0 aromatic carbocycles. The van der Waals surface area contributed by atoms with Gasteiger partial charge in [0, 0.05) is 33.4 Å². The number of hydrogen-bond acceptors (Lipinski definition) is 4. The molecular weight excluding hydrogens is 220 g/mol. The average Bonchev–Trinajstić information content (AvgIpc) is 2.32. The molecule has 0 aliphatic rings. The molecule has 0 rings (SSSR count). The van der Waals surface area contributed by atoms with Crippen molar-refractivity contribution < 1.29 is 14.3 Å². The van der Waals surface area contributed by atoms with Crippen molar-refractivity contribution in [3.8, 4) is 0 Å². The molecular formula is C12H26N2O3. The third kappa shape index (κ3) is 10.2. The molecule has 0 aromatic heterocycles. The van der Waals surface area contributed by atoms with Crippen LogP contribution in [0.5, 0.6) is 0 Å². The lowest BCUT2D eigenvalue weighted by molar-refractivity contribution is -0.120. The monoisotopic (exact) mass is 246 g/mol. The second-order valence-electron chi connectivity index (χ2n) is 4.02. The normalized spacial score (nSPS) is 12.4. The van der Waals surface area contributed by atoms with Gasteiger partial charge in [0.05, 0.1) is 13.2 Å². The predicted molar refractivity (Wildman–Crippen MR) is 68.1 cm³/mol. The fourth-order valence-corrected chi connectivity index (χ4v) is 1.54. The first-order valence-electron chi connectivity index (χ1n) is 6.22. The molecule has 102 valence electrons. The van der Waals surface area contributed by atoms with Crippen molar-refractivity contribution in [2.24, 2.45) is 0 Å². The molecule has 0 radical (unpaired) electrons. The van der Waals surface area contributed by atoms with Crippen LogP contribution in [0.3, 0.4) is 0 Å². The van der Waals surface area contributed by atoms with Gasteiger partial charge in [-0.2, -0.15) is 0 Å². The molecule has 0 spiro atoms. The third-order valence-electron chi connectivity index (χ3n) is 2.40. The Morgan fingerprint density at radius 3 is 2.65 bits per heavy atom. The molecule has 0 aliphatic carbocycles. The first-order chi connectivity index (χ1) is 8.24. The van der Waals surface area contributed by atoms with E-state index in [1.165, 1.54) is 0 Å². The number of carbonyl (C=O) groups excluding carboxylic acids is 1. The summed E-state index contributed by atoms with van der Waals surface area (Å²) in [6, 6.07) is 0.259. The van der Waals surface area contributed by atoms with Crippen LogP contribution in [0.1, 0.15) is 26.2 Å². The molecule has 1 amide bonds. The van der Waals surface area contributed by atoms with Crippen LogP contribution in [-0.2, 0) is 14.3 Å². The molecule has 5 heteroatoms. The molecule has 0 heterocycles. The molecule has 0 fully saturated rings. The minimum absolute atomic E-state index is 0.0262. The summed E-state index contributed by atoms with van der Waals surface area (Å²) in [6.07, 6.45) is 2.94. The zero-order valence-corrected chi connectivity index (χ0v) is 11.3. The number of ether oxygens (including phenoxy) is 2. The van der Waals surface area contributed by atoms with Gasteiger partial charge < -0.3 is 20.1 Å². The van der Waals surface area contributed by atoms with E-state index in [9.17, 15) is 4.79 Å². The summed E-state index contributed by atoms with van der Waals surface area (Å²) in [4.78, 5) is 11.5. The first kappa shape index (κ1) is 16.4. The molecule has 1 atom stereocenters. The van der Waals surface area contributed by atoms with Gasteiger partial charge in [-0.05, 0) is 12.8 Å². The average molecular weight is 246 g/mol. The minimum atomic E-state index is 0.0262. The summed E-state index contributed by atoms with van der Waals surface area (Å²) in [6.45, 7) is 4.45. The van der Waals surface area contributed by atoms with Crippen molar-refractivity contribution >= 4 is 5.91 Å². The molecule has 2 N–H and O–H groups in total. The quantitative estimate of drug-likeness (QED) is 0.523. The van der Waals surface area contributed by atoms with Crippen LogP contribution in [0.25, 0.3) is 0 Å². The largest absolute Gasteiger partial charge is 0.385 e. The van der Waals surface area contributed by atoms with Crippen LogP contribution >= 0.6 is 0 Å². The SMILES string of the molecule is CCCC(COC)NCC(=O)NCCCOC. The molecule has 0 bridgehead atoms. The smallest absolute Gasteiger partial charge is 0.233 e. The summed E-state index contributed by atoms with van der Waals surface area (Å²) in [7, 11) is 3.33. The second kappa shape index (κ2) is 11.8. The lowest BCUT2D eigenvalue weighted by Crippen LogP contribution is -2.41. The lowest BCUT2D eigenvalue weighted by atomic mass is 10.2. The van der Waals surface area contributed by atoms with Gasteiger partial charge in [0.15, 0.2) is 0 Å². The molecule has 1 unspecified atom stereocenters. The Morgan fingerprint density at radius 1 is 1.29 bits per heavy atom. The number of nitrogens with one attached hydrogen (secondary N) is 2. The third-order valence-corrected chi connectivity index (χ3v) is 2.40. The Hall–Kier alpha value is -0.650. The van der Waals surface area contributed by atoms with Crippen LogP contribution in [0.4, 0.5) is 0 Å². The van der Waals surface area contributed by atoms with Crippen LogP contribution in [0.2, 0.25) is 0 Å². The number of carbonyl (C=O) groups is 1. The molecule has 0 saturated heterocycles. The molecule has 17 heavy (non-hydrogen) atoms. The van der Waals surface area contributed by atoms with Crippen LogP contribution in [-0.4, -0.2) is 52.5 Å². The number of hydrogen-bond donors (Lipinski definition) is 2. The second-order valence-corrected chi connectivity index (χ2v) is 4.02. The minimum Gasteiger partial charge on any atom is -0.385 e. The van der Waals surface area contributed by atoms with E-state index in [1.807, 2.05) is 0 Å². The van der Waals surface area contributed by atoms with E-state index in [0.29, 0.717) is 26.3 Å². The molecule has 5 nitrogen and oxygen atoms in total. The highest BCUT2D eigenvalue weighted by Crippen LogP contribution is 1.96. The van der Waals surface area contributed by atoms with Gasteiger partial charge in [-0.1, -0.05) is 13.3 Å². The highest BCUT2D eigenvalue weighted by molar-refractivity contribution is 5.77. The molecule has 0 saturated carbocycles. The van der Waals surface area contributed by atoms with Crippen LogP contribution in [0, 0.1) is 0 Å². The van der Waals surface area contributed by atoms with Gasteiger partial charge in [-0.25, -0.2) is 0 Å². The zero-order valence-electron chi connectivity index (χ0n) is 11.3. The van der Waals surface area contributed by atoms with Crippen molar-refractivity contribution in [2.75, 3.05) is 40.5 Å². The Balaban J connectivity index is 3.57. The Bertz CT molecular complexity index is 183. The lowest BCUT2D eigenvalue weighted by Gasteiger charge is -2.16. The summed E-state index contributed by atoms with van der Waals surface area (Å²) in [5.74, 6) is 0.0262. The van der Waals surface area contributed by atoms with Gasteiger partial charge in [0.1, 0.15) is 0 Å². The van der Waals surface area contributed by atoms with Crippen molar-refractivity contribution in [3.63, 3.8) is 0 Å². The number of rotatable bonds is 11. The van der Waals surface area contributed by atoms with Crippen molar-refractivity contribution in [3.05, 3.63) is 0 Å². The van der Waals surface area contributed by atoms with E-state index < -0.39 is 0 Å². The first-order valence-corrected chi connectivity index (χ1v) is 6.22. The van der Waals surface area contributed by atoms with E-state index >= 15 is 0 Å². The standard InChI is InChI=1S/C12H26N2O3/c1-4-6-11(10-17-3)14-9-12(15)13-7-5-8-16-2/h11,14H,4-10H2,1-3H3,(H,13,15). The van der Waals surface area contributed by atoms with Crippen molar-refractivity contribution in [2.45, 2.75) is 32.2 Å². The van der Waals surface area contributed by atoms with Crippen molar-refractivity contribution in [1.82, 2.24) is 10.6 Å². The van der Waals surface area contributed by atoms with Gasteiger partial charge in [-0.3, -0.25) is 4.79 Å². The maximum Gasteiger partial charge on any atom is 0.233 e. The van der Waals surface area contributed by atoms with Gasteiger partial charge in [0.25, 0.3) is 0 Å². The van der Waals surface area contributed by atoms with Crippen molar-refractivity contribution in [1.29, 1.82) is 0 Å². The summed E-state index contributed by atoms with van der Waals surface area (Å²) >= 11 is 0. The van der Waals surface area contributed by atoms with E-state index in [2.05, 4.69) is 17.6 Å². The summed E-state index contributed by atoms with van der Waals surface area (Å²) in [5, 5.41) is 6.03. The van der Waals surface area contributed by atoms with E-state index in [-0.39, 0.29) is 11.9 Å². The van der Waals surface area contributed by atoms with E-state index in [1.54, 1.807) is 14.2 Å². The topological polar surface area (TPSA) is 59.6 Å². The predicted octanol–water partition coefficient (Wildman–Crippen LogP) is 0.544. The van der Waals surface area contributed by atoms with Crippen LogP contribution in [0.15, 0.2) is 0 Å². The maximum atomic E-state index is 11.5. The number of amides is 1. The summed E-state index contributed by atoms with van der Waals surface area (Å²) in [5.41, 5.74) is 0. The molecule has 0 aliphatic heterocycles. The van der Waals surface area contributed by atoms with Crippen LogP contribution < -0.4 is 10.6 Å². The van der Waals surface area contributed by atoms with E-state index in [4.69, 9.17) is 9.47 Å². The highest BCUT2D eigenvalue weighted by atomic mass is 16.5. The number of methoxy groups -OCH3 is 2. The zero-order chi connectivity index (χ0) is 12.9. The Kier molecular flexibility index (Phi) is 11.4. The molecule has 0 aromatic rings. The highest BCUT2D eigenvalue weighted by Gasteiger charge is 2.08. The van der Waals surface area contributed by atoms with Gasteiger partial charge in [0.2, 0.25) is 5.91 Å². The van der Waals surface area contributed by atoms with Gasteiger partial charge in [-0.15, -0.1) is 0 Å². The Labute approximate surface area is 104 Å². The van der Waals surface area contributed by atoms with Gasteiger partial charge >= 0.3 is 0 Å². The van der Waals surface area contributed by atoms with E-state index in [0.717, 1.165) is 19.3 Å². The fraction of sp³-hybridized carbons (Fsp3) is 0.917.